The second kappa shape index (κ2) is 7.79. The lowest BCUT2D eigenvalue weighted by Gasteiger charge is -2.22. The summed E-state index contributed by atoms with van der Waals surface area (Å²) in [6.45, 7) is 3.40. The van der Waals surface area contributed by atoms with Crippen molar-refractivity contribution in [3.63, 3.8) is 0 Å². The van der Waals surface area contributed by atoms with Crippen LogP contribution in [0, 0.1) is 6.92 Å². The lowest BCUT2D eigenvalue weighted by molar-refractivity contribution is 0.136. The fourth-order valence-corrected chi connectivity index (χ4v) is 3.60. The quantitative estimate of drug-likeness (QED) is 0.885. The fraction of sp³-hybridized carbons (Fsp3) is 0.562. The van der Waals surface area contributed by atoms with Crippen molar-refractivity contribution in [3.05, 3.63) is 29.8 Å². The second-order valence-electron chi connectivity index (χ2n) is 6.04. The molecule has 1 aliphatic heterocycles. The molecule has 0 atom stereocenters. The summed E-state index contributed by atoms with van der Waals surface area (Å²) >= 11 is 0. The van der Waals surface area contributed by atoms with Gasteiger partial charge >= 0.3 is 6.09 Å². The Morgan fingerprint density at radius 1 is 1.13 bits per heavy atom. The lowest BCUT2D eigenvalue weighted by Crippen LogP contribution is -2.34. The molecule has 1 aromatic carbocycles. The number of amides is 1. The SMILES string of the molecule is Cc1ccc(S(=O)(=O)NC2CC2)cc1.O=C(O)N1CCCCC1. The highest BCUT2D eigenvalue weighted by molar-refractivity contribution is 7.89. The van der Waals surface area contributed by atoms with Crippen LogP contribution in [-0.4, -0.2) is 43.6 Å². The van der Waals surface area contributed by atoms with Crippen molar-refractivity contribution in [2.24, 2.45) is 0 Å². The molecule has 23 heavy (non-hydrogen) atoms. The van der Waals surface area contributed by atoms with Crippen molar-refractivity contribution in [3.8, 4) is 0 Å². The Morgan fingerprint density at radius 2 is 1.70 bits per heavy atom. The molecule has 0 bridgehead atoms. The summed E-state index contributed by atoms with van der Waals surface area (Å²) in [5, 5.41) is 8.46. The molecule has 0 unspecified atom stereocenters. The number of nitrogens with one attached hydrogen (secondary N) is 1. The second-order valence-corrected chi connectivity index (χ2v) is 7.75. The smallest absolute Gasteiger partial charge is 0.407 e. The highest BCUT2D eigenvalue weighted by Gasteiger charge is 2.27. The summed E-state index contributed by atoms with van der Waals surface area (Å²) < 4.78 is 26.0. The maximum atomic E-state index is 11.7. The van der Waals surface area contributed by atoms with Gasteiger partial charge < -0.3 is 10.0 Å². The third kappa shape index (κ3) is 5.84. The van der Waals surface area contributed by atoms with Gasteiger partial charge in [-0.3, -0.25) is 0 Å². The van der Waals surface area contributed by atoms with E-state index in [0.29, 0.717) is 4.90 Å². The number of carboxylic acid groups (broad SMARTS) is 1. The third-order valence-electron chi connectivity index (χ3n) is 3.86. The molecule has 6 nitrogen and oxygen atoms in total. The lowest BCUT2D eigenvalue weighted by atomic mass is 10.1. The number of piperidine rings is 1. The van der Waals surface area contributed by atoms with Gasteiger partial charge in [0.25, 0.3) is 0 Å². The van der Waals surface area contributed by atoms with Crippen molar-refractivity contribution in [2.45, 2.75) is 50.0 Å². The predicted octanol–water partition coefficient (Wildman–Crippen LogP) is 2.59. The largest absolute Gasteiger partial charge is 0.465 e. The van der Waals surface area contributed by atoms with E-state index in [0.717, 1.165) is 44.3 Å². The zero-order valence-electron chi connectivity index (χ0n) is 13.4. The number of sulfonamides is 1. The number of likely N-dealkylation sites (tertiary alicyclic amines) is 1. The Balaban J connectivity index is 0.000000185. The molecule has 1 aromatic rings. The molecule has 0 radical (unpaired) electrons. The Hall–Kier alpha value is -1.60. The normalized spacial score (nSPS) is 18.0. The minimum absolute atomic E-state index is 0.168. The van der Waals surface area contributed by atoms with Gasteiger partial charge in [-0.2, -0.15) is 0 Å². The first kappa shape index (κ1) is 17.7. The van der Waals surface area contributed by atoms with Crippen LogP contribution in [-0.2, 0) is 10.0 Å². The standard InChI is InChI=1S/C10H13NO2S.C6H11NO2/c1-8-2-6-10(7-3-8)14(12,13)11-9-4-5-9;8-6(9)7-4-2-1-3-5-7/h2-3,6-7,9,11H,4-5H2,1H3;1-5H2,(H,8,9). The summed E-state index contributed by atoms with van der Waals surface area (Å²) in [6.07, 6.45) is 4.41. The zero-order valence-corrected chi connectivity index (χ0v) is 14.2. The minimum atomic E-state index is -3.26. The van der Waals surface area contributed by atoms with Crippen LogP contribution in [0.1, 0.15) is 37.7 Å². The van der Waals surface area contributed by atoms with E-state index < -0.39 is 16.1 Å². The van der Waals surface area contributed by atoms with Gasteiger partial charge in [0.15, 0.2) is 0 Å². The molecule has 2 fully saturated rings. The number of carbonyl (C=O) groups is 1. The first-order valence-electron chi connectivity index (χ1n) is 7.95. The number of rotatable bonds is 3. The van der Waals surface area contributed by atoms with Gasteiger partial charge in [-0.25, -0.2) is 17.9 Å². The number of nitrogens with zero attached hydrogens (tertiary/aromatic N) is 1. The van der Waals surface area contributed by atoms with Crippen molar-refractivity contribution in [1.82, 2.24) is 9.62 Å². The van der Waals surface area contributed by atoms with Crippen molar-refractivity contribution in [2.75, 3.05) is 13.1 Å². The van der Waals surface area contributed by atoms with Crippen molar-refractivity contribution >= 4 is 16.1 Å². The fourth-order valence-electron chi connectivity index (χ4n) is 2.29. The monoisotopic (exact) mass is 340 g/mol. The summed E-state index contributed by atoms with van der Waals surface area (Å²) in [6, 6.07) is 7.06. The Bertz CT molecular complexity index is 618. The summed E-state index contributed by atoms with van der Waals surface area (Å²) in [5.41, 5.74) is 1.07. The Morgan fingerprint density at radius 3 is 2.13 bits per heavy atom. The van der Waals surface area contributed by atoms with E-state index in [1.54, 1.807) is 12.1 Å². The number of aryl methyl sites for hydroxylation is 1. The van der Waals surface area contributed by atoms with E-state index in [9.17, 15) is 13.2 Å². The molecule has 2 N–H and O–H groups in total. The van der Waals surface area contributed by atoms with E-state index >= 15 is 0 Å². The molecule has 2 aliphatic rings. The van der Waals surface area contributed by atoms with Crippen LogP contribution in [0.15, 0.2) is 29.2 Å². The molecule has 0 aromatic heterocycles. The van der Waals surface area contributed by atoms with Crippen molar-refractivity contribution in [1.29, 1.82) is 0 Å². The van der Waals surface area contributed by atoms with E-state index in [1.807, 2.05) is 19.1 Å². The van der Waals surface area contributed by atoms with Gasteiger partial charge in [0, 0.05) is 19.1 Å². The van der Waals surface area contributed by atoms with Gasteiger partial charge in [-0.1, -0.05) is 17.7 Å². The molecule has 1 amide bonds. The predicted molar refractivity (Wildman–Crippen MR) is 88.0 cm³/mol. The first-order chi connectivity index (χ1) is 10.9. The summed E-state index contributed by atoms with van der Waals surface area (Å²) in [4.78, 5) is 12.1. The van der Waals surface area contributed by atoms with Crippen LogP contribution in [0.4, 0.5) is 4.79 Å². The van der Waals surface area contributed by atoms with Crippen LogP contribution in [0.3, 0.4) is 0 Å². The molecule has 1 saturated heterocycles. The first-order valence-corrected chi connectivity index (χ1v) is 9.44. The zero-order chi connectivity index (χ0) is 16.9. The summed E-state index contributed by atoms with van der Waals surface area (Å²) in [7, 11) is -3.26. The van der Waals surface area contributed by atoms with Crippen molar-refractivity contribution < 1.29 is 18.3 Å². The number of hydrogen-bond donors (Lipinski definition) is 2. The third-order valence-corrected chi connectivity index (χ3v) is 5.39. The average Bonchev–Trinajstić information content (AvgIpc) is 3.32. The van der Waals surface area contributed by atoms with Gasteiger partial charge in [-0.05, 0) is 51.2 Å². The van der Waals surface area contributed by atoms with Crippen LogP contribution >= 0.6 is 0 Å². The van der Waals surface area contributed by atoms with Crippen LogP contribution in [0.2, 0.25) is 0 Å². The molecule has 128 valence electrons. The average molecular weight is 340 g/mol. The molecule has 1 saturated carbocycles. The highest BCUT2D eigenvalue weighted by atomic mass is 32.2. The van der Waals surface area contributed by atoms with Gasteiger partial charge in [-0.15, -0.1) is 0 Å². The Kier molecular flexibility index (Phi) is 6.01. The molecule has 0 spiro atoms. The maximum Gasteiger partial charge on any atom is 0.407 e. The molecular weight excluding hydrogens is 316 g/mol. The molecule has 3 rings (SSSR count). The van der Waals surface area contributed by atoms with Gasteiger partial charge in [0.05, 0.1) is 4.90 Å². The highest BCUT2D eigenvalue weighted by Crippen LogP contribution is 2.22. The molecule has 7 heteroatoms. The van der Waals surface area contributed by atoms with E-state index in [4.69, 9.17) is 5.11 Å². The summed E-state index contributed by atoms with van der Waals surface area (Å²) in [5.74, 6) is 0. The van der Waals surface area contributed by atoms with E-state index in [-0.39, 0.29) is 6.04 Å². The van der Waals surface area contributed by atoms with Gasteiger partial charge in [0.2, 0.25) is 10.0 Å². The molecular formula is C16H24N2O4S. The van der Waals surface area contributed by atoms with Gasteiger partial charge in [0.1, 0.15) is 0 Å². The Labute approximate surface area is 137 Å². The van der Waals surface area contributed by atoms with Crippen LogP contribution in [0.5, 0.6) is 0 Å². The van der Waals surface area contributed by atoms with E-state index in [2.05, 4.69) is 4.72 Å². The molecule has 1 heterocycles. The van der Waals surface area contributed by atoms with Crippen LogP contribution < -0.4 is 4.72 Å². The minimum Gasteiger partial charge on any atom is -0.465 e. The topological polar surface area (TPSA) is 86.7 Å². The van der Waals surface area contributed by atoms with Crippen LogP contribution in [0.25, 0.3) is 0 Å². The van der Waals surface area contributed by atoms with E-state index in [1.165, 1.54) is 11.3 Å². The number of benzene rings is 1. The maximum absolute atomic E-state index is 11.7. The number of hydrogen-bond acceptors (Lipinski definition) is 3. The molecule has 1 aliphatic carbocycles.